The van der Waals surface area contributed by atoms with Gasteiger partial charge in [-0.15, -0.1) is 36.2 Å². The number of thiazole rings is 1. The van der Waals surface area contributed by atoms with Crippen LogP contribution >= 0.6 is 36.2 Å². The first-order valence-electron chi connectivity index (χ1n) is 8.09. The first-order valence-corrected chi connectivity index (χ1v) is 8.97. The number of halogens is 2. The van der Waals surface area contributed by atoms with Crippen molar-refractivity contribution in [1.29, 1.82) is 0 Å². The lowest BCUT2D eigenvalue weighted by molar-refractivity contribution is -0.132. The van der Waals surface area contributed by atoms with E-state index in [4.69, 9.17) is 10.5 Å². The van der Waals surface area contributed by atoms with Gasteiger partial charge < -0.3 is 20.7 Å². The number of ether oxygens (including phenoxy) is 1. The first-order chi connectivity index (χ1) is 11.3. The van der Waals surface area contributed by atoms with E-state index in [1.54, 1.807) is 7.05 Å². The van der Waals surface area contributed by atoms with Crippen LogP contribution in [0.5, 0.6) is 0 Å². The zero-order chi connectivity index (χ0) is 18.3. The minimum absolute atomic E-state index is 0. The molecule has 1 rings (SSSR count). The Labute approximate surface area is 171 Å². The molecular formula is C16H30Cl2N4O3S. The zero-order valence-electron chi connectivity index (χ0n) is 15.9. The number of nitrogens with two attached hydrogens (primary N) is 1. The van der Waals surface area contributed by atoms with Gasteiger partial charge in [-0.1, -0.05) is 13.8 Å². The van der Waals surface area contributed by atoms with Gasteiger partial charge in [-0.2, -0.15) is 0 Å². The van der Waals surface area contributed by atoms with Crippen molar-refractivity contribution in [3.8, 4) is 0 Å². The summed E-state index contributed by atoms with van der Waals surface area (Å²) < 4.78 is 5.51. The second kappa shape index (κ2) is 13.3. The second-order valence-corrected chi connectivity index (χ2v) is 6.90. The van der Waals surface area contributed by atoms with E-state index in [9.17, 15) is 9.59 Å². The summed E-state index contributed by atoms with van der Waals surface area (Å²) >= 11 is 1.52. The Balaban J connectivity index is 0. The quantitative estimate of drug-likeness (QED) is 0.627. The van der Waals surface area contributed by atoms with Crippen molar-refractivity contribution in [2.45, 2.75) is 46.4 Å². The Hall–Kier alpha value is -0.930. The maximum Gasteiger partial charge on any atom is 0.242 e. The lowest BCUT2D eigenvalue weighted by Crippen LogP contribution is -2.47. The number of amides is 2. The molecule has 0 fully saturated rings. The van der Waals surface area contributed by atoms with Gasteiger partial charge in [0.15, 0.2) is 0 Å². The highest BCUT2D eigenvalue weighted by Gasteiger charge is 2.19. The van der Waals surface area contributed by atoms with Crippen LogP contribution in [0.25, 0.3) is 0 Å². The molecule has 0 aliphatic rings. The Morgan fingerprint density at radius 1 is 1.35 bits per heavy atom. The van der Waals surface area contributed by atoms with E-state index in [1.807, 2.05) is 33.1 Å². The predicted molar refractivity (Wildman–Crippen MR) is 109 cm³/mol. The number of likely N-dealkylation sites (N-methyl/N-ethyl adjacent to an activating group) is 1. The minimum atomic E-state index is -0.607. The smallest absolute Gasteiger partial charge is 0.242 e. The maximum atomic E-state index is 12.1. The SMILES string of the molecule is CCOC(C)c1nc(CN(C)C(=O)CNC(=O)[C@@H](N)C(C)C)cs1.Cl.Cl. The van der Waals surface area contributed by atoms with E-state index in [0.717, 1.165) is 10.7 Å². The van der Waals surface area contributed by atoms with Crippen molar-refractivity contribution >= 4 is 48.0 Å². The first kappa shape index (κ1) is 27.3. The van der Waals surface area contributed by atoms with Crippen molar-refractivity contribution in [1.82, 2.24) is 15.2 Å². The van der Waals surface area contributed by atoms with Crippen LogP contribution in [-0.4, -0.2) is 47.9 Å². The molecule has 1 heterocycles. The Kier molecular flexibility index (Phi) is 13.9. The fraction of sp³-hybridized carbons (Fsp3) is 0.688. The van der Waals surface area contributed by atoms with E-state index in [0.29, 0.717) is 13.2 Å². The largest absolute Gasteiger partial charge is 0.372 e. The van der Waals surface area contributed by atoms with Gasteiger partial charge >= 0.3 is 0 Å². The summed E-state index contributed by atoms with van der Waals surface area (Å²) in [5.41, 5.74) is 6.55. The summed E-state index contributed by atoms with van der Waals surface area (Å²) in [5.74, 6) is -0.474. The molecule has 0 aliphatic carbocycles. The van der Waals surface area contributed by atoms with Gasteiger partial charge in [0, 0.05) is 19.0 Å². The Morgan fingerprint density at radius 2 is 1.96 bits per heavy atom. The van der Waals surface area contributed by atoms with Crippen molar-refractivity contribution in [3.05, 3.63) is 16.1 Å². The molecule has 152 valence electrons. The van der Waals surface area contributed by atoms with E-state index < -0.39 is 6.04 Å². The van der Waals surface area contributed by atoms with E-state index >= 15 is 0 Å². The van der Waals surface area contributed by atoms with Crippen LogP contribution < -0.4 is 11.1 Å². The van der Waals surface area contributed by atoms with Gasteiger partial charge in [0.1, 0.15) is 11.1 Å². The van der Waals surface area contributed by atoms with Gasteiger partial charge in [-0.05, 0) is 19.8 Å². The normalized spacial score (nSPS) is 12.6. The van der Waals surface area contributed by atoms with Crippen molar-refractivity contribution in [2.24, 2.45) is 11.7 Å². The highest BCUT2D eigenvalue weighted by molar-refractivity contribution is 7.09. The average Bonchev–Trinajstić information content (AvgIpc) is 3.00. The number of carbonyl (C=O) groups is 2. The monoisotopic (exact) mass is 428 g/mol. The molecular weight excluding hydrogens is 399 g/mol. The summed E-state index contributed by atoms with van der Waals surface area (Å²) in [6, 6.07) is -0.607. The number of carbonyl (C=O) groups excluding carboxylic acids is 2. The highest BCUT2D eigenvalue weighted by Crippen LogP contribution is 2.21. The third-order valence-electron chi connectivity index (χ3n) is 3.59. The van der Waals surface area contributed by atoms with Gasteiger partial charge in [-0.25, -0.2) is 4.98 Å². The summed E-state index contributed by atoms with van der Waals surface area (Å²) in [7, 11) is 1.68. The molecule has 1 aromatic rings. The summed E-state index contributed by atoms with van der Waals surface area (Å²) in [4.78, 5) is 29.9. The van der Waals surface area contributed by atoms with Gasteiger partial charge in [0.25, 0.3) is 0 Å². The molecule has 0 saturated carbocycles. The fourth-order valence-corrected chi connectivity index (χ4v) is 2.77. The van der Waals surface area contributed by atoms with Gasteiger partial charge in [0.2, 0.25) is 11.8 Å². The highest BCUT2D eigenvalue weighted by atomic mass is 35.5. The van der Waals surface area contributed by atoms with Crippen LogP contribution in [-0.2, 0) is 20.9 Å². The minimum Gasteiger partial charge on any atom is -0.372 e. The average molecular weight is 429 g/mol. The maximum absolute atomic E-state index is 12.1. The number of aromatic nitrogens is 1. The molecule has 26 heavy (non-hydrogen) atoms. The molecule has 2 amide bonds. The summed E-state index contributed by atoms with van der Waals surface area (Å²) in [6.07, 6.45) is -0.0495. The van der Waals surface area contributed by atoms with Crippen LogP contribution in [0, 0.1) is 5.92 Å². The standard InChI is InChI=1S/C16H28N4O3S.2ClH/c1-6-23-11(4)16-19-12(9-24-16)8-20(5)13(21)7-18-15(22)14(17)10(2)3;;/h9-11,14H,6-8,17H2,1-5H3,(H,18,22);2*1H/t11?,14-;;/m0../s1. The zero-order valence-corrected chi connectivity index (χ0v) is 18.3. The molecule has 1 aromatic heterocycles. The predicted octanol–water partition coefficient (Wildman–Crippen LogP) is 2.14. The fourth-order valence-electron chi connectivity index (χ4n) is 1.95. The van der Waals surface area contributed by atoms with E-state index in [-0.39, 0.29) is 55.2 Å². The van der Waals surface area contributed by atoms with Gasteiger partial charge in [0.05, 0.1) is 24.8 Å². The molecule has 0 saturated heterocycles. The lowest BCUT2D eigenvalue weighted by Gasteiger charge is -2.18. The molecule has 7 nitrogen and oxygen atoms in total. The number of nitrogens with zero attached hydrogens (tertiary/aromatic N) is 2. The van der Waals surface area contributed by atoms with Crippen LogP contribution in [0.4, 0.5) is 0 Å². The number of rotatable bonds is 9. The van der Waals surface area contributed by atoms with Crippen molar-refractivity contribution in [3.63, 3.8) is 0 Å². The number of nitrogens with one attached hydrogen (secondary N) is 1. The number of hydrogen-bond acceptors (Lipinski definition) is 6. The Morgan fingerprint density at radius 3 is 2.50 bits per heavy atom. The summed E-state index contributed by atoms with van der Waals surface area (Å²) in [6.45, 7) is 8.57. The van der Waals surface area contributed by atoms with Crippen LogP contribution in [0.15, 0.2) is 5.38 Å². The molecule has 3 N–H and O–H groups in total. The molecule has 0 spiro atoms. The van der Waals surface area contributed by atoms with Gasteiger partial charge in [-0.3, -0.25) is 9.59 Å². The summed E-state index contributed by atoms with van der Waals surface area (Å²) in [5, 5.41) is 5.39. The van der Waals surface area contributed by atoms with Crippen LogP contribution in [0.1, 0.15) is 44.5 Å². The third-order valence-corrected chi connectivity index (χ3v) is 4.65. The lowest BCUT2D eigenvalue weighted by atomic mass is 10.1. The van der Waals surface area contributed by atoms with Crippen LogP contribution in [0.2, 0.25) is 0 Å². The molecule has 0 aliphatic heterocycles. The Bertz CT molecular complexity index is 557. The molecule has 0 aromatic carbocycles. The van der Waals surface area contributed by atoms with Crippen molar-refractivity contribution < 1.29 is 14.3 Å². The molecule has 10 heteroatoms. The molecule has 0 bridgehead atoms. The number of hydrogen-bond donors (Lipinski definition) is 2. The molecule has 2 atom stereocenters. The van der Waals surface area contributed by atoms with E-state index in [1.165, 1.54) is 16.2 Å². The topological polar surface area (TPSA) is 97.5 Å². The third kappa shape index (κ3) is 8.64. The second-order valence-electron chi connectivity index (χ2n) is 6.01. The van der Waals surface area contributed by atoms with Crippen molar-refractivity contribution in [2.75, 3.05) is 20.2 Å². The molecule has 1 unspecified atom stereocenters. The van der Waals surface area contributed by atoms with E-state index in [2.05, 4.69) is 10.3 Å². The van der Waals surface area contributed by atoms with Crippen LogP contribution in [0.3, 0.4) is 0 Å². The molecule has 0 radical (unpaired) electrons.